The average Bonchev–Trinajstić information content (AvgIpc) is 2.25. The van der Waals surface area contributed by atoms with Gasteiger partial charge in [0.2, 0.25) is 0 Å². The van der Waals surface area contributed by atoms with Crippen LogP contribution in [-0.4, -0.2) is 22.7 Å². The topological polar surface area (TPSA) is 18.5 Å². The zero-order chi connectivity index (χ0) is 15.4. The molecule has 2 unspecified atom stereocenters. The molecule has 0 saturated carbocycles. The Balaban J connectivity index is 2.79. The maximum atomic E-state index is 6.38. The molecular formula is C16H30O2Si2. The molecule has 1 aromatic carbocycles. The Morgan fingerprint density at radius 1 is 0.850 bits per heavy atom. The second-order valence-corrected chi connectivity index (χ2v) is 16.3. The molecule has 1 aromatic rings. The van der Waals surface area contributed by atoms with Crippen molar-refractivity contribution in [1.82, 2.24) is 0 Å². The zero-order valence-electron chi connectivity index (χ0n) is 14.1. The molecule has 0 aliphatic rings. The lowest BCUT2D eigenvalue weighted by atomic mass is 10.0. The third-order valence-electron chi connectivity index (χ3n) is 2.77. The highest BCUT2D eigenvalue weighted by Crippen LogP contribution is 2.28. The Bertz CT molecular complexity index is 393. The summed E-state index contributed by atoms with van der Waals surface area (Å²) in [5.74, 6) is 0. The van der Waals surface area contributed by atoms with Crippen LogP contribution in [0.25, 0.3) is 0 Å². The minimum atomic E-state index is -1.57. The molecule has 0 aromatic heterocycles. The van der Waals surface area contributed by atoms with E-state index in [1.54, 1.807) is 0 Å². The SMILES string of the molecule is CC(CC(O[Si](C)(C)C)c1ccccc1)O[Si](C)(C)C. The number of hydrogen-bond acceptors (Lipinski definition) is 2. The maximum Gasteiger partial charge on any atom is 0.184 e. The van der Waals surface area contributed by atoms with E-state index in [2.05, 4.69) is 76.5 Å². The first-order chi connectivity index (χ1) is 9.07. The summed E-state index contributed by atoms with van der Waals surface area (Å²) in [5, 5.41) is 0. The van der Waals surface area contributed by atoms with E-state index in [1.807, 2.05) is 0 Å². The van der Waals surface area contributed by atoms with Gasteiger partial charge in [0.05, 0.1) is 6.10 Å². The molecule has 114 valence electrons. The molecule has 0 radical (unpaired) electrons. The normalized spacial score (nSPS) is 15.9. The first-order valence-electron chi connectivity index (χ1n) is 7.47. The summed E-state index contributed by atoms with van der Waals surface area (Å²) in [6.45, 7) is 15.6. The summed E-state index contributed by atoms with van der Waals surface area (Å²) in [6, 6.07) is 10.5. The molecule has 2 atom stereocenters. The van der Waals surface area contributed by atoms with Gasteiger partial charge in [0.15, 0.2) is 16.6 Å². The third kappa shape index (κ3) is 7.38. The van der Waals surface area contributed by atoms with Crippen molar-refractivity contribution in [2.75, 3.05) is 0 Å². The number of rotatable bonds is 7. The Kier molecular flexibility index (Phi) is 6.19. The van der Waals surface area contributed by atoms with Crippen molar-refractivity contribution in [3.05, 3.63) is 35.9 Å². The summed E-state index contributed by atoms with van der Waals surface area (Å²) in [6.07, 6.45) is 1.32. The largest absolute Gasteiger partial charge is 0.415 e. The van der Waals surface area contributed by atoms with Crippen molar-refractivity contribution in [1.29, 1.82) is 0 Å². The van der Waals surface area contributed by atoms with Crippen LogP contribution in [-0.2, 0) is 8.85 Å². The van der Waals surface area contributed by atoms with Gasteiger partial charge >= 0.3 is 0 Å². The molecule has 0 heterocycles. The lowest BCUT2D eigenvalue weighted by Crippen LogP contribution is -2.34. The van der Waals surface area contributed by atoms with Gasteiger partial charge in [-0.3, -0.25) is 0 Å². The summed E-state index contributed by atoms with van der Waals surface area (Å²) in [7, 11) is -3.06. The fourth-order valence-electron chi connectivity index (χ4n) is 2.30. The first-order valence-corrected chi connectivity index (χ1v) is 14.3. The van der Waals surface area contributed by atoms with Crippen LogP contribution in [0.3, 0.4) is 0 Å². The van der Waals surface area contributed by atoms with Crippen LogP contribution in [0.15, 0.2) is 30.3 Å². The first kappa shape index (κ1) is 17.6. The second-order valence-electron chi connectivity index (χ2n) is 7.41. The molecule has 0 amide bonds. The predicted octanol–water partition coefficient (Wildman–Crippen LogP) is 5.21. The molecule has 2 nitrogen and oxygen atoms in total. The van der Waals surface area contributed by atoms with Gasteiger partial charge in [0, 0.05) is 12.5 Å². The Hall–Kier alpha value is -0.426. The fourth-order valence-corrected chi connectivity index (χ4v) is 4.69. The summed E-state index contributed by atoms with van der Waals surface area (Å²) >= 11 is 0. The van der Waals surface area contributed by atoms with E-state index in [1.165, 1.54) is 5.56 Å². The Morgan fingerprint density at radius 2 is 1.35 bits per heavy atom. The van der Waals surface area contributed by atoms with Gasteiger partial charge in [-0.2, -0.15) is 0 Å². The highest BCUT2D eigenvalue weighted by Gasteiger charge is 2.26. The van der Waals surface area contributed by atoms with Gasteiger partial charge in [0.1, 0.15) is 0 Å². The molecule has 0 bridgehead atoms. The molecule has 0 aliphatic heterocycles. The average molecular weight is 311 g/mol. The van der Waals surface area contributed by atoms with Gasteiger partial charge in [-0.05, 0) is 51.8 Å². The van der Waals surface area contributed by atoms with Crippen molar-refractivity contribution in [3.63, 3.8) is 0 Å². The monoisotopic (exact) mass is 310 g/mol. The smallest absolute Gasteiger partial charge is 0.184 e. The van der Waals surface area contributed by atoms with Crippen molar-refractivity contribution in [3.8, 4) is 0 Å². The quantitative estimate of drug-likeness (QED) is 0.644. The minimum Gasteiger partial charge on any atom is -0.415 e. The zero-order valence-corrected chi connectivity index (χ0v) is 16.1. The molecule has 0 saturated heterocycles. The van der Waals surface area contributed by atoms with Crippen LogP contribution in [0, 0.1) is 0 Å². The van der Waals surface area contributed by atoms with Gasteiger partial charge in [-0.1, -0.05) is 30.3 Å². The van der Waals surface area contributed by atoms with Gasteiger partial charge in [-0.15, -0.1) is 0 Å². The number of hydrogen-bond donors (Lipinski definition) is 0. The van der Waals surface area contributed by atoms with Crippen LogP contribution >= 0.6 is 0 Å². The van der Waals surface area contributed by atoms with Crippen molar-refractivity contribution < 1.29 is 8.85 Å². The standard InChI is InChI=1S/C16H30O2Si2/c1-14(17-19(2,3)4)13-16(18-20(5,6)7)15-11-9-8-10-12-15/h8-12,14,16H,13H2,1-7H3. The molecule has 0 spiro atoms. The molecule has 0 fully saturated rings. The van der Waals surface area contributed by atoms with Gasteiger partial charge in [0.25, 0.3) is 0 Å². The fraction of sp³-hybridized carbons (Fsp3) is 0.625. The predicted molar refractivity (Wildman–Crippen MR) is 92.1 cm³/mol. The van der Waals surface area contributed by atoms with E-state index < -0.39 is 16.6 Å². The Labute approximate surface area is 126 Å². The maximum absolute atomic E-state index is 6.38. The van der Waals surface area contributed by atoms with Crippen LogP contribution in [0.4, 0.5) is 0 Å². The van der Waals surface area contributed by atoms with Crippen LogP contribution < -0.4 is 0 Å². The molecule has 0 aliphatic carbocycles. The minimum absolute atomic E-state index is 0.147. The Morgan fingerprint density at radius 3 is 1.80 bits per heavy atom. The molecular weight excluding hydrogens is 280 g/mol. The van der Waals surface area contributed by atoms with E-state index >= 15 is 0 Å². The van der Waals surface area contributed by atoms with E-state index in [0.717, 1.165) is 6.42 Å². The van der Waals surface area contributed by atoms with Crippen LogP contribution in [0.1, 0.15) is 25.0 Å². The molecule has 0 N–H and O–H groups in total. The van der Waals surface area contributed by atoms with E-state index in [9.17, 15) is 0 Å². The van der Waals surface area contributed by atoms with Crippen molar-refractivity contribution >= 4 is 16.6 Å². The molecule has 4 heteroatoms. The van der Waals surface area contributed by atoms with Crippen LogP contribution in [0.2, 0.25) is 39.3 Å². The summed E-state index contributed by atoms with van der Waals surface area (Å²) in [4.78, 5) is 0. The number of benzene rings is 1. The summed E-state index contributed by atoms with van der Waals surface area (Å²) < 4.78 is 12.6. The van der Waals surface area contributed by atoms with E-state index in [-0.39, 0.29) is 12.2 Å². The van der Waals surface area contributed by atoms with Gasteiger partial charge in [-0.25, -0.2) is 0 Å². The highest BCUT2D eigenvalue weighted by molar-refractivity contribution is 6.70. The molecule has 20 heavy (non-hydrogen) atoms. The lowest BCUT2D eigenvalue weighted by Gasteiger charge is -2.31. The summed E-state index contributed by atoms with van der Waals surface area (Å²) in [5.41, 5.74) is 1.26. The van der Waals surface area contributed by atoms with Gasteiger partial charge < -0.3 is 8.85 Å². The molecule has 1 rings (SSSR count). The van der Waals surface area contributed by atoms with E-state index in [0.29, 0.717) is 0 Å². The third-order valence-corrected chi connectivity index (χ3v) is 4.87. The van der Waals surface area contributed by atoms with E-state index in [4.69, 9.17) is 8.85 Å². The highest BCUT2D eigenvalue weighted by atomic mass is 28.4. The van der Waals surface area contributed by atoms with Crippen molar-refractivity contribution in [2.24, 2.45) is 0 Å². The van der Waals surface area contributed by atoms with Crippen molar-refractivity contribution in [2.45, 2.75) is 64.8 Å². The lowest BCUT2D eigenvalue weighted by molar-refractivity contribution is 0.112. The second kappa shape index (κ2) is 7.03. The van der Waals surface area contributed by atoms with Crippen LogP contribution in [0.5, 0.6) is 0 Å².